The number of rotatable bonds is 6. The fourth-order valence-corrected chi connectivity index (χ4v) is 8.42. The van der Waals surface area contributed by atoms with Crippen LogP contribution in [-0.4, -0.2) is 92.1 Å². The molecular weight excluding hydrogens is 602 g/mol. The van der Waals surface area contributed by atoms with E-state index in [1.807, 2.05) is 4.90 Å². The van der Waals surface area contributed by atoms with Gasteiger partial charge in [-0.3, -0.25) is 14.7 Å². The Morgan fingerprint density at radius 1 is 1.13 bits per heavy atom. The van der Waals surface area contributed by atoms with E-state index < -0.39 is 11.6 Å². The zero-order valence-corrected chi connectivity index (χ0v) is 25.7. The Morgan fingerprint density at radius 3 is 2.62 bits per heavy atom. The number of benzene rings is 2. The van der Waals surface area contributed by atoms with Crippen LogP contribution in [0.1, 0.15) is 44.1 Å². The molecule has 6 heterocycles. The predicted molar refractivity (Wildman–Crippen MR) is 172 cm³/mol. The number of terminal acetylenes is 1. The molecule has 4 aliphatic heterocycles. The summed E-state index contributed by atoms with van der Waals surface area (Å²) in [6.07, 6.45) is 14.0. The van der Waals surface area contributed by atoms with Gasteiger partial charge in [-0.05, 0) is 63.1 Å². The van der Waals surface area contributed by atoms with Gasteiger partial charge in [0.05, 0.1) is 28.6 Å². The standard InChI is InChI=1S/C35H32F2N8O2/c1-2-24-27(36)11-8-21-6-3-7-25(29(21)24)31-30(37)32-26(16-39-31)33(43-18-22-9-10-23(19-43)45(22)28(46)17-40-38)42-34(41-32)47-20-35-12-4-14-44(35)15-5-13-35/h1,3,6-8,11,16-17,22-23H,4-5,9-10,12-15,18-20H2. The Morgan fingerprint density at radius 2 is 1.89 bits per heavy atom. The molecule has 8 rings (SSSR count). The lowest BCUT2D eigenvalue weighted by Crippen LogP contribution is -2.56. The van der Waals surface area contributed by atoms with Crippen molar-refractivity contribution in [3.8, 4) is 29.6 Å². The van der Waals surface area contributed by atoms with Gasteiger partial charge in [0.25, 0.3) is 0 Å². The molecule has 4 saturated heterocycles. The fraction of sp³-hybridized carbons (Fsp3) is 0.400. The third kappa shape index (κ3) is 4.72. The molecule has 2 atom stereocenters. The van der Waals surface area contributed by atoms with Crippen LogP contribution >= 0.6 is 0 Å². The summed E-state index contributed by atoms with van der Waals surface area (Å²) < 4.78 is 38.0. The minimum absolute atomic E-state index is 0.00377. The average molecular weight is 635 g/mol. The second-order valence-electron chi connectivity index (χ2n) is 13.0. The summed E-state index contributed by atoms with van der Waals surface area (Å²) in [5.74, 6) is 1.30. The quantitative estimate of drug-likeness (QED) is 0.132. The van der Waals surface area contributed by atoms with Crippen LogP contribution in [0.2, 0.25) is 0 Å². The summed E-state index contributed by atoms with van der Waals surface area (Å²) in [6, 6.07) is 7.95. The van der Waals surface area contributed by atoms with Crippen molar-refractivity contribution in [3.63, 3.8) is 0 Å². The first kappa shape index (κ1) is 29.4. The lowest BCUT2D eigenvalue weighted by atomic mass is 9.95. The lowest BCUT2D eigenvalue weighted by molar-refractivity contribution is -0.130. The van der Waals surface area contributed by atoms with E-state index in [9.17, 15) is 9.18 Å². The van der Waals surface area contributed by atoms with Gasteiger partial charge in [-0.2, -0.15) is 14.8 Å². The molecule has 1 amide bonds. The highest BCUT2D eigenvalue weighted by Gasteiger charge is 2.46. The largest absolute Gasteiger partial charge is 0.461 e. The first-order chi connectivity index (χ1) is 22.9. The van der Waals surface area contributed by atoms with Crippen molar-refractivity contribution in [1.29, 1.82) is 0 Å². The van der Waals surface area contributed by atoms with Crippen molar-refractivity contribution >= 4 is 39.6 Å². The van der Waals surface area contributed by atoms with E-state index in [4.69, 9.17) is 21.7 Å². The summed E-state index contributed by atoms with van der Waals surface area (Å²) in [6.45, 7) is 3.37. The van der Waals surface area contributed by atoms with Crippen LogP contribution in [0.4, 0.5) is 14.6 Å². The van der Waals surface area contributed by atoms with E-state index >= 15 is 4.39 Å². The second kappa shape index (κ2) is 11.4. The van der Waals surface area contributed by atoms with Gasteiger partial charge >= 0.3 is 18.1 Å². The fourth-order valence-electron chi connectivity index (χ4n) is 8.42. The first-order valence-corrected chi connectivity index (χ1v) is 16.1. The average Bonchev–Trinajstić information content (AvgIpc) is 3.74. The van der Waals surface area contributed by atoms with Crippen molar-refractivity contribution < 1.29 is 23.1 Å². The summed E-state index contributed by atoms with van der Waals surface area (Å²) in [4.78, 5) is 36.0. The highest BCUT2D eigenvalue weighted by Crippen LogP contribution is 2.41. The summed E-state index contributed by atoms with van der Waals surface area (Å²) in [5, 5.41) is 1.47. The van der Waals surface area contributed by atoms with E-state index in [-0.39, 0.29) is 46.3 Å². The van der Waals surface area contributed by atoms with Gasteiger partial charge in [0.15, 0.2) is 5.82 Å². The molecule has 10 nitrogen and oxygen atoms in total. The van der Waals surface area contributed by atoms with Crippen molar-refractivity contribution in [2.24, 2.45) is 0 Å². The second-order valence-corrected chi connectivity index (χ2v) is 13.0. The minimum atomic E-state index is -0.687. The van der Waals surface area contributed by atoms with Crippen LogP contribution in [-0.2, 0) is 4.79 Å². The normalized spacial score (nSPS) is 21.6. The SMILES string of the molecule is C#Cc1c(F)ccc2cccc(-c3ncc4c(N5CC6CCC(C5)N6C(=O)C=[N+]=[N-])nc(OCC56CCCN5CCC6)nc4c3F)c12. The van der Waals surface area contributed by atoms with E-state index in [2.05, 4.69) is 25.6 Å². The van der Waals surface area contributed by atoms with Gasteiger partial charge in [-0.15, -0.1) is 6.42 Å². The molecule has 0 N–H and O–H groups in total. The molecule has 0 saturated carbocycles. The number of hydrogen-bond acceptors (Lipinski definition) is 7. The van der Waals surface area contributed by atoms with Gasteiger partial charge in [-0.1, -0.05) is 30.2 Å². The molecule has 0 spiro atoms. The smallest absolute Gasteiger partial charge is 0.344 e. The Balaban J connectivity index is 1.25. The third-order valence-corrected chi connectivity index (χ3v) is 10.5. The maximum atomic E-state index is 16.8. The number of ether oxygens (including phenoxy) is 1. The maximum Gasteiger partial charge on any atom is 0.344 e. The molecule has 0 aliphatic carbocycles. The van der Waals surface area contributed by atoms with Crippen LogP contribution in [0.3, 0.4) is 0 Å². The van der Waals surface area contributed by atoms with Crippen molar-refractivity contribution in [2.75, 3.05) is 37.7 Å². The number of amides is 1. The molecule has 2 aromatic heterocycles. The van der Waals surface area contributed by atoms with E-state index in [1.165, 1.54) is 6.07 Å². The van der Waals surface area contributed by atoms with Gasteiger partial charge in [0.2, 0.25) is 0 Å². The Hall–Kier alpha value is -4.98. The van der Waals surface area contributed by atoms with Crippen molar-refractivity contribution in [1.82, 2.24) is 24.8 Å². The molecule has 47 heavy (non-hydrogen) atoms. The Bertz CT molecular complexity index is 2020. The minimum Gasteiger partial charge on any atom is -0.461 e. The van der Waals surface area contributed by atoms with Gasteiger partial charge in [-0.25, -0.2) is 8.78 Å². The van der Waals surface area contributed by atoms with Crippen LogP contribution in [0, 0.1) is 24.0 Å². The van der Waals surface area contributed by atoms with Gasteiger partial charge < -0.3 is 20.1 Å². The zero-order chi connectivity index (χ0) is 32.3. The summed E-state index contributed by atoms with van der Waals surface area (Å²) in [5.41, 5.74) is 9.33. The molecular formula is C35H32F2N8O2. The highest BCUT2D eigenvalue weighted by molar-refractivity contribution is 6.24. The molecule has 4 fully saturated rings. The van der Waals surface area contributed by atoms with Crippen molar-refractivity contribution in [2.45, 2.75) is 56.1 Å². The van der Waals surface area contributed by atoms with E-state index in [0.29, 0.717) is 47.2 Å². The number of halogens is 2. The highest BCUT2D eigenvalue weighted by atomic mass is 19.1. The zero-order valence-electron chi connectivity index (χ0n) is 25.7. The Labute approximate surface area is 270 Å². The number of piperazine rings is 1. The topological polar surface area (TPSA) is 111 Å². The number of pyridine rings is 1. The molecule has 4 aromatic rings. The van der Waals surface area contributed by atoms with Crippen molar-refractivity contribution in [3.05, 3.63) is 59.3 Å². The van der Waals surface area contributed by atoms with Crippen LogP contribution in [0.25, 0.3) is 38.5 Å². The third-order valence-electron chi connectivity index (χ3n) is 10.5. The van der Waals surface area contributed by atoms with Gasteiger partial charge in [0, 0.05) is 30.2 Å². The molecule has 2 unspecified atom stereocenters. The first-order valence-electron chi connectivity index (χ1n) is 16.1. The molecule has 12 heteroatoms. The summed E-state index contributed by atoms with van der Waals surface area (Å²) in [7, 11) is 0. The molecule has 4 aliphatic rings. The van der Waals surface area contributed by atoms with E-state index in [0.717, 1.165) is 57.8 Å². The van der Waals surface area contributed by atoms with Gasteiger partial charge in [0.1, 0.15) is 29.5 Å². The number of fused-ring (bicyclic) bond motifs is 5. The number of carbonyl (C=O) groups is 1. The van der Waals surface area contributed by atoms with E-state index in [1.54, 1.807) is 35.4 Å². The number of hydrogen-bond donors (Lipinski definition) is 0. The van der Waals surface area contributed by atoms with Crippen LogP contribution in [0.5, 0.6) is 6.01 Å². The number of aromatic nitrogens is 3. The molecule has 0 radical (unpaired) electrons. The lowest BCUT2D eigenvalue weighted by Gasteiger charge is -2.40. The van der Waals surface area contributed by atoms with Crippen LogP contribution < -0.4 is 9.64 Å². The molecule has 2 aromatic carbocycles. The number of nitrogens with zero attached hydrogens (tertiary/aromatic N) is 8. The monoisotopic (exact) mass is 634 g/mol. The maximum absolute atomic E-state index is 16.8. The predicted octanol–water partition coefficient (Wildman–Crippen LogP) is 4.59. The van der Waals surface area contributed by atoms with Crippen LogP contribution in [0.15, 0.2) is 36.5 Å². The number of anilines is 1. The Kier molecular flexibility index (Phi) is 7.12. The molecule has 238 valence electrons. The summed E-state index contributed by atoms with van der Waals surface area (Å²) >= 11 is 0. The molecule has 2 bridgehead atoms. The number of carbonyl (C=O) groups excluding carboxylic acids is 1.